The van der Waals surface area contributed by atoms with Gasteiger partial charge in [0.2, 0.25) is 5.95 Å². The molecule has 37 heavy (non-hydrogen) atoms. The molecule has 1 N–H and O–H groups in total. The van der Waals surface area contributed by atoms with Gasteiger partial charge in [0, 0.05) is 39.8 Å². The fraction of sp³-hybridized carbons (Fsp3) is 0.276. The molecule has 1 aliphatic heterocycles. The van der Waals surface area contributed by atoms with Gasteiger partial charge in [0.25, 0.3) is 5.56 Å². The van der Waals surface area contributed by atoms with Crippen LogP contribution in [0.4, 0.5) is 5.95 Å². The molecule has 3 aromatic carbocycles. The summed E-state index contributed by atoms with van der Waals surface area (Å²) in [7, 11) is 1.65. The van der Waals surface area contributed by atoms with Crippen molar-refractivity contribution >= 4 is 27.9 Å². The maximum absolute atomic E-state index is 12.9. The molecule has 8 heteroatoms. The molecule has 3 heterocycles. The molecular formula is C29H30N6O2. The summed E-state index contributed by atoms with van der Waals surface area (Å²) in [5.74, 6) is 0.729. The van der Waals surface area contributed by atoms with Crippen LogP contribution in [-0.2, 0) is 20.1 Å². The number of aromatic nitrogens is 4. The van der Waals surface area contributed by atoms with Crippen LogP contribution >= 0.6 is 0 Å². The lowest BCUT2D eigenvalue weighted by Crippen LogP contribution is -2.47. The van der Waals surface area contributed by atoms with Gasteiger partial charge in [0.15, 0.2) is 11.2 Å². The van der Waals surface area contributed by atoms with Crippen molar-refractivity contribution < 1.29 is 0 Å². The number of benzene rings is 3. The second-order valence-corrected chi connectivity index (χ2v) is 9.88. The third-order valence-corrected chi connectivity index (χ3v) is 7.38. The first-order valence-electron chi connectivity index (χ1n) is 12.7. The fourth-order valence-electron chi connectivity index (χ4n) is 5.27. The minimum absolute atomic E-state index is 0.404. The number of fused-ring (bicyclic) bond motifs is 2. The van der Waals surface area contributed by atoms with E-state index in [-0.39, 0.29) is 0 Å². The van der Waals surface area contributed by atoms with Crippen LogP contribution in [0.2, 0.25) is 0 Å². The number of nitrogens with zero attached hydrogens (tertiary/aromatic N) is 5. The van der Waals surface area contributed by atoms with Gasteiger partial charge < -0.3 is 4.90 Å². The van der Waals surface area contributed by atoms with Crippen molar-refractivity contribution in [2.24, 2.45) is 7.05 Å². The lowest BCUT2D eigenvalue weighted by Gasteiger charge is -2.35. The van der Waals surface area contributed by atoms with E-state index < -0.39 is 11.2 Å². The summed E-state index contributed by atoms with van der Waals surface area (Å²) >= 11 is 0. The van der Waals surface area contributed by atoms with Crippen molar-refractivity contribution in [2.75, 3.05) is 31.1 Å². The number of aryl methyl sites for hydroxylation is 2. The quantitative estimate of drug-likeness (QED) is 0.406. The third kappa shape index (κ3) is 4.34. The van der Waals surface area contributed by atoms with Gasteiger partial charge in [-0.1, -0.05) is 72.3 Å². The summed E-state index contributed by atoms with van der Waals surface area (Å²) in [6, 6.07) is 23.3. The molecule has 8 nitrogen and oxygen atoms in total. The van der Waals surface area contributed by atoms with E-state index in [4.69, 9.17) is 4.98 Å². The summed E-state index contributed by atoms with van der Waals surface area (Å²) < 4.78 is 3.38. The number of nitrogens with one attached hydrogen (secondary N) is 1. The highest BCUT2D eigenvalue weighted by Gasteiger charge is 2.25. The number of aromatic amines is 1. The SMILES string of the molecule is Cc1ccc(Cn2c(N3CCN(Cc4cccc5ccccc45)CC3)nc3c2c(=O)[nH]c(=O)n3C)cc1. The van der Waals surface area contributed by atoms with Gasteiger partial charge in [-0.3, -0.25) is 23.8 Å². The van der Waals surface area contributed by atoms with Crippen LogP contribution in [0.1, 0.15) is 16.7 Å². The van der Waals surface area contributed by atoms with Crippen molar-refractivity contribution in [3.63, 3.8) is 0 Å². The number of hydrogen-bond donors (Lipinski definition) is 1. The predicted molar refractivity (Wildman–Crippen MR) is 147 cm³/mol. The first-order valence-corrected chi connectivity index (χ1v) is 12.7. The van der Waals surface area contributed by atoms with Crippen molar-refractivity contribution in [1.29, 1.82) is 0 Å². The Hall–Kier alpha value is -4.17. The summed E-state index contributed by atoms with van der Waals surface area (Å²) in [4.78, 5) is 37.2. The Morgan fingerprint density at radius 2 is 1.59 bits per heavy atom. The Kier molecular flexibility index (Phi) is 5.88. The summed E-state index contributed by atoms with van der Waals surface area (Å²) in [6.07, 6.45) is 0. The van der Waals surface area contributed by atoms with Crippen molar-refractivity contribution in [2.45, 2.75) is 20.0 Å². The van der Waals surface area contributed by atoms with E-state index in [2.05, 4.69) is 88.4 Å². The maximum Gasteiger partial charge on any atom is 0.329 e. The maximum atomic E-state index is 12.9. The van der Waals surface area contributed by atoms with Gasteiger partial charge in [-0.2, -0.15) is 4.98 Å². The molecule has 1 aliphatic rings. The number of rotatable bonds is 5. The Bertz CT molecular complexity index is 1700. The highest BCUT2D eigenvalue weighted by molar-refractivity contribution is 5.85. The van der Waals surface area contributed by atoms with Gasteiger partial charge in [0.1, 0.15) is 0 Å². The summed E-state index contributed by atoms with van der Waals surface area (Å²) in [5.41, 5.74) is 3.57. The number of imidazole rings is 1. The Morgan fingerprint density at radius 3 is 2.38 bits per heavy atom. The Balaban J connectivity index is 1.30. The monoisotopic (exact) mass is 494 g/mol. The van der Waals surface area contributed by atoms with E-state index in [0.29, 0.717) is 17.7 Å². The third-order valence-electron chi connectivity index (χ3n) is 7.38. The van der Waals surface area contributed by atoms with Crippen LogP contribution in [0.15, 0.2) is 76.3 Å². The first-order chi connectivity index (χ1) is 18.0. The van der Waals surface area contributed by atoms with Crippen LogP contribution < -0.4 is 16.1 Å². The number of hydrogen-bond acceptors (Lipinski definition) is 5. The molecule has 0 atom stereocenters. The Morgan fingerprint density at radius 1 is 0.865 bits per heavy atom. The first kappa shape index (κ1) is 23.2. The smallest absolute Gasteiger partial charge is 0.329 e. The normalized spacial score (nSPS) is 14.6. The van der Waals surface area contributed by atoms with Crippen LogP contribution in [0.3, 0.4) is 0 Å². The van der Waals surface area contributed by atoms with Gasteiger partial charge >= 0.3 is 5.69 Å². The highest BCUT2D eigenvalue weighted by Crippen LogP contribution is 2.24. The lowest BCUT2D eigenvalue weighted by atomic mass is 10.0. The van der Waals surface area contributed by atoms with Crippen LogP contribution in [0, 0.1) is 6.92 Å². The summed E-state index contributed by atoms with van der Waals surface area (Å²) in [6.45, 7) is 6.78. The zero-order valence-corrected chi connectivity index (χ0v) is 21.1. The average Bonchev–Trinajstić information content (AvgIpc) is 3.29. The molecule has 188 valence electrons. The zero-order chi connectivity index (χ0) is 25.5. The van der Waals surface area contributed by atoms with E-state index in [0.717, 1.165) is 44.2 Å². The molecule has 0 saturated carbocycles. The number of anilines is 1. The second-order valence-electron chi connectivity index (χ2n) is 9.88. The molecular weight excluding hydrogens is 464 g/mol. The molecule has 5 aromatic rings. The zero-order valence-electron chi connectivity index (χ0n) is 21.1. The molecule has 0 spiro atoms. The summed E-state index contributed by atoms with van der Waals surface area (Å²) in [5, 5.41) is 2.56. The van der Waals surface area contributed by atoms with Gasteiger partial charge in [-0.15, -0.1) is 0 Å². The van der Waals surface area contributed by atoms with Gasteiger partial charge in [0.05, 0.1) is 6.54 Å². The lowest BCUT2D eigenvalue weighted by molar-refractivity contribution is 0.249. The standard InChI is InChI=1S/C29H30N6O2/c1-20-10-12-21(13-11-20)18-35-25-26(32(2)29(37)31-27(25)36)30-28(35)34-16-14-33(15-17-34)19-23-8-5-7-22-6-3-4-9-24(22)23/h3-13H,14-19H2,1-2H3,(H,31,36,37). The van der Waals surface area contributed by atoms with Gasteiger partial charge in [-0.05, 0) is 28.8 Å². The minimum atomic E-state index is -0.455. The average molecular weight is 495 g/mol. The topological polar surface area (TPSA) is 79.2 Å². The molecule has 1 fully saturated rings. The number of piperazine rings is 1. The molecule has 6 rings (SSSR count). The van der Waals surface area contributed by atoms with E-state index >= 15 is 0 Å². The van der Waals surface area contributed by atoms with Crippen molar-refractivity contribution in [1.82, 2.24) is 24.0 Å². The molecule has 0 aliphatic carbocycles. The Labute approximate surface area is 214 Å². The van der Waals surface area contributed by atoms with E-state index in [1.54, 1.807) is 7.05 Å². The van der Waals surface area contributed by atoms with Gasteiger partial charge in [-0.25, -0.2) is 4.79 Å². The van der Waals surface area contributed by atoms with Crippen molar-refractivity contribution in [3.05, 3.63) is 104 Å². The molecule has 0 unspecified atom stereocenters. The fourth-order valence-corrected chi connectivity index (χ4v) is 5.27. The number of H-pyrrole nitrogens is 1. The molecule has 0 amide bonds. The molecule has 0 bridgehead atoms. The van der Waals surface area contributed by atoms with Crippen LogP contribution in [0.25, 0.3) is 21.9 Å². The van der Waals surface area contributed by atoms with E-state index in [1.165, 1.54) is 26.5 Å². The van der Waals surface area contributed by atoms with Crippen LogP contribution in [-0.4, -0.2) is 50.2 Å². The predicted octanol–water partition coefficient (Wildman–Crippen LogP) is 3.26. The largest absolute Gasteiger partial charge is 0.340 e. The molecule has 0 radical (unpaired) electrons. The van der Waals surface area contributed by atoms with E-state index in [9.17, 15) is 9.59 Å². The minimum Gasteiger partial charge on any atom is -0.340 e. The highest BCUT2D eigenvalue weighted by atomic mass is 16.2. The second kappa shape index (κ2) is 9.37. The molecule has 1 saturated heterocycles. The molecule has 2 aromatic heterocycles. The van der Waals surface area contributed by atoms with Crippen molar-refractivity contribution in [3.8, 4) is 0 Å². The van der Waals surface area contributed by atoms with Crippen LogP contribution in [0.5, 0.6) is 0 Å². The van der Waals surface area contributed by atoms with E-state index in [1.807, 2.05) is 4.57 Å².